The maximum atomic E-state index is 11.7. The second-order valence-electron chi connectivity index (χ2n) is 5.16. The van der Waals surface area contributed by atoms with Gasteiger partial charge in [-0.1, -0.05) is 0 Å². The van der Waals surface area contributed by atoms with Crippen molar-refractivity contribution in [3.05, 3.63) is 0 Å². The van der Waals surface area contributed by atoms with Gasteiger partial charge in [0, 0.05) is 0 Å². The van der Waals surface area contributed by atoms with Crippen LogP contribution in [0.3, 0.4) is 0 Å². The van der Waals surface area contributed by atoms with Crippen LogP contribution in [0.5, 0.6) is 0 Å². The van der Waals surface area contributed by atoms with Crippen LogP contribution >= 0.6 is 0 Å². The van der Waals surface area contributed by atoms with E-state index in [0.717, 1.165) is 12.8 Å². The summed E-state index contributed by atoms with van der Waals surface area (Å²) in [5, 5.41) is 11.7. The molecule has 0 aromatic carbocycles. The lowest BCUT2D eigenvalue weighted by molar-refractivity contribution is -0.169. The fourth-order valence-corrected chi connectivity index (χ4v) is 3.85. The van der Waals surface area contributed by atoms with E-state index in [-0.39, 0.29) is 23.7 Å². The molecule has 3 aliphatic carbocycles. The third kappa shape index (κ3) is 0.936. The van der Waals surface area contributed by atoms with Crippen molar-refractivity contribution in [2.45, 2.75) is 25.7 Å². The first-order valence-corrected chi connectivity index (χ1v) is 5.64. The number of carbonyl (C=O) groups is 3. The minimum atomic E-state index is -0.977. The molecule has 2 N–H and O–H groups in total. The zero-order chi connectivity index (χ0) is 11.5. The van der Waals surface area contributed by atoms with E-state index >= 15 is 0 Å². The summed E-state index contributed by atoms with van der Waals surface area (Å²) in [6, 6.07) is 0. The number of carboxylic acids is 1. The van der Waals surface area contributed by atoms with Gasteiger partial charge in [0.1, 0.15) is 0 Å². The Morgan fingerprint density at radius 3 is 2.44 bits per heavy atom. The van der Waals surface area contributed by atoms with Crippen molar-refractivity contribution >= 4 is 17.8 Å². The first-order valence-electron chi connectivity index (χ1n) is 5.64. The maximum Gasteiger partial charge on any atom is 0.310 e. The minimum absolute atomic E-state index is 0.206. The Morgan fingerprint density at radius 2 is 1.88 bits per heavy atom. The predicted octanol–water partition coefficient (Wildman–Crippen LogP) is 0.150. The van der Waals surface area contributed by atoms with Gasteiger partial charge in [0.2, 0.25) is 11.8 Å². The number of amides is 2. The third-order valence-corrected chi connectivity index (χ3v) is 4.64. The van der Waals surface area contributed by atoms with Gasteiger partial charge in [-0.25, -0.2) is 0 Å². The van der Waals surface area contributed by atoms with Gasteiger partial charge in [-0.05, 0) is 31.6 Å². The Kier molecular flexibility index (Phi) is 1.74. The van der Waals surface area contributed by atoms with Crippen LogP contribution in [-0.4, -0.2) is 22.9 Å². The van der Waals surface area contributed by atoms with E-state index in [1.807, 2.05) is 0 Å². The molecule has 4 rings (SSSR count). The second kappa shape index (κ2) is 2.84. The van der Waals surface area contributed by atoms with Gasteiger partial charge in [0.25, 0.3) is 0 Å². The number of hydrogen-bond acceptors (Lipinski definition) is 3. The molecule has 1 saturated heterocycles. The van der Waals surface area contributed by atoms with E-state index in [9.17, 15) is 19.5 Å². The summed E-state index contributed by atoms with van der Waals surface area (Å²) < 4.78 is 0. The molecule has 0 aromatic heterocycles. The number of rotatable bonds is 1. The first-order chi connectivity index (χ1) is 7.56. The van der Waals surface area contributed by atoms with Crippen molar-refractivity contribution in [1.29, 1.82) is 0 Å². The van der Waals surface area contributed by atoms with Crippen LogP contribution in [0.15, 0.2) is 0 Å². The largest absolute Gasteiger partial charge is 0.481 e. The van der Waals surface area contributed by atoms with Crippen LogP contribution in [0, 0.1) is 23.2 Å². The highest BCUT2D eigenvalue weighted by molar-refractivity contribution is 6.07. The third-order valence-electron chi connectivity index (χ3n) is 4.64. The van der Waals surface area contributed by atoms with E-state index in [1.54, 1.807) is 0 Å². The number of fused-ring (bicyclic) bond motifs is 2. The van der Waals surface area contributed by atoms with Crippen LogP contribution in [0.4, 0.5) is 0 Å². The zero-order valence-electron chi connectivity index (χ0n) is 8.73. The summed E-state index contributed by atoms with van der Waals surface area (Å²) in [5.41, 5.74) is -0.977. The normalized spacial score (nSPS) is 45.4. The van der Waals surface area contributed by atoms with Crippen LogP contribution in [0.2, 0.25) is 0 Å². The standard InChI is InChI=1S/C11H13NO4/c13-8-6-5-1-3-11(4-2-5,10(15)16)7(6)9(14)12-8/h5-7H,1-4H2,(H,15,16)(H,12,13,14)/t5?,6-,7-,11?/m1/s1. The van der Waals surface area contributed by atoms with E-state index < -0.39 is 17.3 Å². The molecule has 5 nitrogen and oxygen atoms in total. The first kappa shape index (κ1) is 9.81. The fraction of sp³-hybridized carbons (Fsp3) is 0.727. The molecule has 4 aliphatic rings. The second-order valence-corrected chi connectivity index (χ2v) is 5.16. The molecule has 2 bridgehead atoms. The minimum Gasteiger partial charge on any atom is -0.481 e. The molecule has 2 amide bonds. The molecule has 1 aliphatic heterocycles. The van der Waals surface area contributed by atoms with E-state index in [2.05, 4.69) is 5.32 Å². The van der Waals surface area contributed by atoms with Gasteiger partial charge < -0.3 is 5.11 Å². The molecule has 16 heavy (non-hydrogen) atoms. The highest BCUT2D eigenvalue weighted by atomic mass is 16.4. The lowest BCUT2D eigenvalue weighted by Crippen LogP contribution is -2.53. The van der Waals surface area contributed by atoms with Gasteiger partial charge in [0.15, 0.2) is 0 Å². The molecule has 0 aromatic rings. The number of imide groups is 1. The predicted molar refractivity (Wildman–Crippen MR) is 52.2 cm³/mol. The van der Waals surface area contributed by atoms with Crippen LogP contribution in [0.25, 0.3) is 0 Å². The quantitative estimate of drug-likeness (QED) is 0.620. The van der Waals surface area contributed by atoms with Crippen molar-refractivity contribution in [2.75, 3.05) is 0 Å². The Labute approximate surface area is 92.2 Å². The van der Waals surface area contributed by atoms with Crippen LogP contribution in [0.1, 0.15) is 25.7 Å². The van der Waals surface area contributed by atoms with Crippen LogP contribution < -0.4 is 5.32 Å². The van der Waals surface area contributed by atoms with Crippen molar-refractivity contribution in [3.63, 3.8) is 0 Å². The number of nitrogens with one attached hydrogen (secondary N) is 1. The summed E-state index contributed by atoms with van der Waals surface area (Å²) in [6.45, 7) is 0. The number of carbonyl (C=O) groups excluding carboxylic acids is 2. The topological polar surface area (TPSA) is 83.5 Å². The maximum absolute atomic E-state index is 11.7. The van der Waals surface area contributed by atoms with E-state index in [4.69, 9.17) is 0 Å². The molecule has 2 atom stereocenters. The SMILES string of the molecule is O=C1NC(=O)[C@H]2[C@H]1C1CCC2(C(=O)O)CC1. The zero-order valence-corrected chi connectivity index (χ0v) is 8.73. The Bertz CT molecular complexity index is 395. The van der Waals surface area contributed by atoms with Crippen molar-refractivity contribution in [1.82, 2.24) is 5.32 Å². The van der Waals surface area contributed by atoms with Crippen molar-refractivity contribution in [3.8, 4) is 0 Å². The van der Waals surface area contributed by atoms with Gasteiger partial charge in [0.05, 0.1) is 17.3 Å². The Morgan fingerprint density at radius 1 is 1.25 bits per heavy atom. The van der Waals surface area contributed by atoms with E-state index in [1.165, 1.54) is 0 Å². The summed E-state index contributed by atoms with van der Waals surface area (Å²) in [7, 11) is 0. The smallest absolute Gasteiger partial charge is 0.310 e. The average Bonchev–Trinajstić information content (AvgIpc) is 2.58. The molecule has 3 saturated carbocycles. The summed E-state index contributed by atoms with van der Waals surface area (Å²) in [5.74, 6) is -2.34. The Balaban J connectivity index is 2.10. The molecular weight excluding hydrogens is 210 g/mol. The molecule has 5 heteroatoms. The Hall–Kier alpha value is -1.39. The number of aliphatic carboxylic acids is 1. The van der Waals surface area contributed by atoms with Gasteiger partial charge in [-0.15, -0.1) is 0 Å². The number of carboxylic acid groups (broad SMARTS) is 1. The molecule has 0 unspecified atom stereocenters. The van der Waals surface area contributed by atoms with Gasteiger partial charge >= 0.3 is 5.97 Å². The van der Waals surface area contributed by atoms with Crippen molar-refractivity contribution < 1.29 is 19.5 Å². The lowest BCUT2D eigenvalue weighted by Gasteiger charge is -2.49. The fourth-order valence-electron chi connectivity index (χ4n) is 3.85. The molecular formula is C11H13NO4. The average molecular weight is 223 g/mol. The number of hydrogen-bond donors (Lipinski definition) is 2. The van der Waals surface area contributed by atoms with Crippen molar-refractivity contribution in [2.24, 2.45) is 23.2 Å². The molecule has 0 spiro atoms. The monoisotopic (exact) mass is 223 g/mol. The van der Waals surface area contributed by atoms with Gasteiger partial charge in [-0.2, -0.15) is 0 Å². The molecule has 4 fully saturated rings. The lowest BCUT2D eigenvalue weighted by atomic mass is 9.51. The molecule has 1 heterocycles. The van der Waals surface area contributed by atoms with E-state index in [0.29, 0.717) is 12.8 Å². The summed E-state index contributed by atoms with van der Waals surface area (Å²) in [4.78, 5) is 34.8. The molecule has 0 radical (unpaired) electrons. The highest BCUT2D eigenvalue weighted by Crippen LogP contribution is 2.58. The summed E-state index contributed by atoms with van der Waals surface area (Å²) >= 11 is 0. The van der Waals surface area contributed by atoms with Crippen LogP contribution in [-0.2, 0) is 14.4 Å². The summed E-state index contributed by atoms with van der Waals surface area (Å²) in [6.07, 6.45) is 2.59. The van der Waals surface area contributed by atoms with Gasteiger partial charge in [-0.3, -0.25) is 19.7 Å². The molecule has 86 valence electrons. The highest BCUT2D eigenvalue weighted by Gasteiger charge is 2.65.